The molecule has 0 aromatic heterocycles. The van der Waals surface area contributed by atoms with Crippen molar-refractivity contribution in [3.8, 4) is 5.75 Å². The van der Waals surface area contributed by atoms with Gasteiger partial charge in [0.15, 0.2) is 0 Å². The second-order valence-corrected chi connectivity index (χ2v) is 7.46. The molecule has 3 rings (SSSR count). The van der Waals surface area contributed by atoms with Crippen LogP contribution in [-0.4, -0.2) is 24.4 Å². The van der Waals surface area contributed by atoms with E-state index in [-0.39, 0.29) is 5.56 Å². The summed E-state index contributed by atoms with van der Waals surface area (Å²) in [6.45, 7) is 3.49. The molecule has 0 spiro atoms. The molecule has 2 aromatic rings. The number of fused-ring (bicyclic) bond motifs is 1. The second-order valence-electron chi connectivity index (χ2n) is 6.61. The fourth-order valence-electron chi connectivity index (χ4n) is 3.34. The standard InChI is InChI=1S/C19H17BrF3N3O3/c1-10(12-4-14(19(21,22)23)7-15(5-12)26(27)28)25-11(2)24-9-13-6-16(20)18(29-3)8-17(13)25/h4-11H,1-3H3/t10?,11-/m0/s1. The smallest absolute Gasteiger partial charge is 0.416 e. The van der Waals surface area contributed by atoms with Crippen molar-refractivity contribution in [2.45, 2.75) is 32.2 Å². The Morgan fingerprint density at radius 2 is 1.97 bits per heavy atom. The highest BCUT2D eigenvalue weighted by Gasteiger charge is 2.35. The molecule has 1 unspecified atom stereocenters. The molecule has 0 fully saturated rings. The van der Waals surface area contributed by atoms with Crippen molar-refractivity contribution in [1.29, 1.82) is 0 Å². The number of ether oxygens (including phenoxy) is 1. The Kier molecular flexibility index (Phi) is 5.57. The number of hydrogen-bond donors (Lipinski definition) is 0. The third kappa shape index (κ3) is 4.07. The van der Waals surface area contributed by atoms with Crippen LogP contribution in [0.1, 0.15) is 36.6 Å². The minimum Gasteiger partial charge on any atom is -0.495 e. The van der Waals surface area contributed by atoms with Crippen LogP contribution in [0.4, 0.5) is 24.5 Å². The molecule has 0 radical (unpaired) electrons. The monoisotopic (exact) mass is 471 g/mol. The highest BCUT2D eigenvalue weighted by molar-refractivity contribution is 9.10. The van der Waals surface area contributed by atoms with E-state index in [1.165, 1.54) is 13.2 Å². The average molecular weight is 472 g/mol. The summed E-state index contributed by atoms with van der Waals surface area (Å²) in [5.41, 5.74) is -0.0358. The molecule has 0 bridgehead atoms. The van der Waals surface area contributed by atoms with Crippen molar-refractivity contribution in [3.63, 3.8) is 0 Å². The van der Waals surface area contributed by atoms with Crippen LogP contribution in [0.25, 0.3) is 0 Å². The number of halogens is 4. The van der Waals surface area contributed by atoms with Crippen molar-refractivity contribution < 1.29 is 22.8 Å². The molecule has 1 aliphatic rings. The van der Waals surface area contributed by atoms with E-state index < -0.39 is 34.6 Å². The summed E-state index contributed by atoms with van der Waals surface area (Å²) in [5, 5.41) is 11.2. The molecule has 29 heavy (non-hydrogen) atoms. The van der Waals surface area contributed by atoms with Gasteiger partial charge < -0.3 is 9.64 Å². The summed E-state index contributed by atoms with van der Waals surface area (Å²) in [4.78, 5) is 16.6. The molecule has 0 N–H and O–H groups in total. The number of alkyl halides is 3. The van der Waals surface area contributed by atoms with E-state index in [0.717, 1.165) is 11.6 Å². The molecular formula is C19H17BrF3N3O3. The maximum atomic E-state index is 13.3. The van der Waals surface area contributed by atoms with Crippen LogP contribution in [-0.2, 0) is 6.18 Å². The Balaban J connectivity index is 2.14. The van der Waals surface area contributed by atoms with Gasteiger partial charge >= 0.3 is 6.18 Å². The number of anilines is 1. The number of nitrogens with zero attached hydrogens (tertiary/aromatic N) is 3. The molecule has 0 saturated heterocycles. The molecule has 10 heteroatoms. The number of nitro groups is 1. The number of rotatable bonds is 4. The number of hydrogen-bond acceptors (Lipinski definition) is 5. The lowest BCUT2D eigenvalue weighted by molar-refractivity contribution is -0.385. The summed E-state index contributed by atoms with van der Waals surface area (Å²) in [6.07, 6.45) is -3.41. The van der Waals surface area contributed by atoms with Gasteiger partial charge in [-0.1, -0.05) is 0 Å². The van der Waals surface area contributed by atoms with Gasteiger partial charge in [-0.25, -0.2) is 0 Å². The van der Waals surface area contributed by atoms with Gasteiger partial charge in [0.2, 0.25) is 0 Å². The van der Waals surface area contributed by atoms with Crippen molar-refractivity contribution in [2.75, 3.05) is 12.0 Å². The molecule has 6 nitrogen and oxygen atoms in total. The zero-order valence-corrected chi connectivity index (χ0v) is 17.3. The zero-order valence-electron chi connectivity index (χ0n) is 15.7. The van der Waals surface area contributed by atoms with Crippen LogP contribution in [0.15, 0.2) is 39.8 Å². The van der Waals surface area contributed by atoms with E-state index in [0.29, 0.717) is 22.0 Å². The Morgan fingerprint density at radius 3 is 2.55 bits per heavy atom. The maximum absolute atomic E-state index is 13.3. The van der Waals surface area contributed by atoms with E-state index in [1.807, 2.05) is 4.90 Å². The molecule has 154 valence electrons. The molecule has 0 saturated carbocycles. The Morgan fingerprint density at radius 1 is 1.28 bits per heavy atom. The van der Waals surface area contributed by atoms with Crippen LogP contribution in [0.2, 0.25) is 0 Å². The molecule has 1 heterocycles. The summed E-state index contributed by atoms with van der Waals surface area (Å²) >= 11 is 3.40. The topological polar surface area (TPSA) is 68.0 Å². The number of nitro benzene ring substituents is 1. The molecule has 1 aliphatic heterocycles. The summed E-state index contributed by atoms with van der Waals surface area (Å²) < 4.78 is 45.9. The van der Waals surface area contributed by atoms with Crippen molar-refractivity contribution in [1.82, 2.24) is 0 Å². The molecule has 0 amide bonds. The molecule has 2 atom stereocenters. The predicted octanol–water partition coefficient (Wildman–Crippen LogP) is 5.73. The summed E-state index contributed by atoms with van der Waals surface area (Å²) in [6, 6.07) is 5.60. The Bertz CT molecular complexity index is 995. The van der Waals surface area contributed by atoms with Crippen LogP contribution in [0, 0.1) is 10.1 Å². The van der Waals surface area contributed by atoms with Gasteiger partial charge in [0.25, 0.3) is 5.69 Å². The van der Waals surface area contributed by atoms with E-state index in [2.05, 4.69) is 20.9 Å². The largest absolute Gasteiger partial charge is 0.495 e. The zero-order chi connectivity index (χ0) is 21.5. The van der Waals surface area contributed by atoms with Gasteiger partial charge in [0, 0.05) is 30.0 Å². The lowest BCUT2D eigenvalue weighted by Crippen LogP contribution is -2.37. The SMILES string of the molecule is COc1cc2c(cc1Br)C=N[C@H](C)N2C(C)c1cc([N+](=O)[O-])cc(C(F)(F)F)c1. The predicted molar refractivity (Wildman–Crippen MR) is 107 cm³/mol. The van der Waals surface area contributed by atoms with Gasteiger partial charge in [-0.05, 0) is 47.5 Å². The van der Waals surface area contributed by atoms with Gasteiger partial charge in [-0.3, -0.25) is 15.1 Å². The fourth-order valence-corrected chi connectivity index (χ4v) is 3.86. The minimum absolute atomic E-state index is 0.170. The van der Waals surface area contributed by atoms with E-state index >= 15 is 0 Å². The highest BCUT2D eigenvalue weighted by Crippen LogP contribution is 2.41. The lowest BCUT2D eigenvalue weighted by atomic mass is 9.99. The van der Waals surface area contributed by atoms with Crippen molar-refractivity contribution >= 4 is 33.5 Å². The normalized spacial score (nSPS) is 17.1. The lowest BCUT2D eigenvalue weighted by Gasteiger charge is -2.38. The quantitative estimate of drug-likeness (QED) is 0.421. The number of aliphatic imine (C=N–C) groups is 1. The number of methoxy groups -OCH3 is 1. The maximum Gasteiger partial charge on any atom is 0.416 e. The minimum atomic E-state index is -4.70. The van der Waals surface area contributed by atoms with Crippen molar-refractivity contribution in [2.24, 2.45) is 4.99 Å². The average Bonchev–Trinajstić information content (AvgIpc) is 2.66. The van der Waals surface area contributed by atoms with Gasteiger partial charge in [0.1, 0.15) is 11.9 Å². The number of non-ortho nitro benzene ring substituents is 1. The first-order chi connectivity index (χ1) is 13.5. The second kappa shape index (κ2) is 7.66. The van der Waals surface area contributed by atoms with Crippen molar-refractivity contribution in [3.05, 3.63) is 61.6 Å². The van der Waals surface area contributed by atoms with Crippen LogP contribution >= 0.6 is 15.9 Å². The van der Waals surface area contributed by atoms with Crippen LogP contribution < -0.4 is 9.64 Å². The van der Waals surface area contributed by atoms with E-state index in [4.69, 9.17) is 4.74 Å². The Labute approximate surface area is 173 Å². The van der Waals surface area contributed by atoms with E-state index in [9.17, 15) is 23.3 Å². The molecule has 0 aliphatic carbocycles. The highest BCUT2D eigenvalue weighted by atomic mass is 79.9. The third-order valence-corrected chi connectivity index (χ3v) is 5.41. The Hall–Kier alpha value is -2.62. The summed E-state index contributed by atoms with van der Waals surface area (Å²) in [7, 11) is 1.51. The first-order valence-electron chi connectivity index (χ1n) is 8.58. The molecular weight excluding hydrogens is 455 g/mol. The third-order valence-electron chi connectivity index (χ3n) is 4.79. The van der Waals surface area contributed by atoms with Gasteiger partial charge in [0.05, 0.1) is 33.8 Å². The van der Waals surface area contributed by atoms with E-state index in [1.54, 1.807) is 32.2 Å². The fraction of sp³-hybridized carbons (Fsp3) is 0.316. The first kappa shape index (κ1) is 21.1. The number of benzene rings is 2. The summed E-state index contributed by atoms with van der Waals surface area (Å²) in [5.74, 6) is 0.554. The van der Waals surface area contributed by atoms with Crippen LogP contribution in [0.5, 0.6) is 5.75 Å². The molecule has 2 aromatic carbocycles. The van der Waals surface area contributed by atoms with Crippen LogP contribution in [0.3, 0.4) is 0 Å². The first-order valence-corrected chi connectivity index (χ1v) is 9.38. The van der Waals surface area contributed by atoms with Gasteiger partial charge in [-0.15, -0.1) is 0 Å². The van der Waals surface area contributed by atoms with Gasteiger partial charge in [-0.2, -0.15) is 13.2 Å².